The van der Waals surface area contributed by atoms with Crippen molar-refractivity contribution in [2.45, 2.75) is 43.5 Å². The fourth-order valence-corrected chi connectivity index (χ4v) is 7.78. The quantitative estimate of drug-likeness (QED) is 0.0661. The van der Waals surface area contributed by atoms with Gasteiger partial charge in [0.15, 0.2) is 0 Å². The third kappa shape index (κ3) is 11.3. The lowest BCUT2D eigenvalue weighted by Crippen LogP contribution is -2.54. The molecule has 0 aliphatic heterocycles. The van der Waals surface area contributed by atoms with Gasteiger partial charge >= 0.3 is 12.4 Å². The van der Waals surface area contributed by atoms with Crippen LogP contribution in [0, 0.1) is 0 Å². The summed E-state index contributed by atoms with van der Waals surface area (Å²) in [4.78, 5) is 0. The zero-order valence-corrected chi connectivity index (χ0v) is 37.4. The Morgan fingerprint density at radius 1 is 0.333 bits per heavy atom. The van der Waals surface area contributed by atoms with E-state index in [1.54, 1.807) is 12.1 Å². The van der Waals surface area contributed by atoms with Crippen molar-refractivity contribution in [3.8, 4) is 46.0 Å². The van der Waals surface area contributed by atoms with Crippen LogP contribution in [0.3, 0.4) is 0 Å². The molecular weight excluding hydrogens is 895 g/mol. The number of alkyl halides is 6. The summed E-state index contributed by atoms with van der Waals surface area (Å²) in [7, 11) is 0. The summed E-state index contributed by atoms with van der Waals surface area (Å²) in [5.41, 5.74) is 20.8. The maximum absolute atomic E-state index is 14.6. The molecule has 0 radical (unpaired) electrons. The van der Waals surface area contributed by atoms with Gasteiger partial charge in [-0.1, -0.05) is 86.6 Å². The molecule has 8 aromatic rings. The molecule has 0 heterocycles. The summed E-state index contributed by atoms with van der Waals surface area (Å²) >= 11 is 0. The minimum absolute atomic E-state index is 0.134. The molecule has 0 saturated heterocycles. The maximum Gasteiger partial charge on any atom is 0.411 e. The molecule has 0 aliphatic carbocycles. The van der Waals surface area contributed by atoms with Crippen LogP contribution in [-0.2, 0) is 10.8 Å². The Bertz CT molecular complexity index is 2800. The lowest BCUT2D eigenvalue weighted by Gasteiger charge is -2.38. The van der Waals surface area contributed by atoms with E-state index < -0.39 is 28.9 Å². The molecule has 0 spiro atoms. The molecule has 0 bridgehead atoms. The third-order valence-corrected chi connectivity index (χ3v) is 11.4. The van der Waals surface area contributed by atoms with E-state index in [1.165, 1.54) is 59.7 Å². The Labute approximate surface area is 395 Å². The Morgan fingerprint density at radius 2 is 0.594 bits per heavy atom. The smallest absolute Gasteiger partial charge is 0.411 e. The van der Waals surface area contributed by atoms with E-state index in [0.29, 0.717) is 22.7 Å². The summed E-state index contributed by atoms with van der Waals surface area (Å²) < 4.78 is 111. The second-order valence-electron chi connectivity index (χ2n) is 16.2. The van der Waals surface area contributed by atoms with E-state index >= 15 is 0 Å². The van der Waals surface area contributed by atoms with Crippen molar-refractivity contribution >= 4 is 22.7 Å². The molecule has 0 aliphatic rings. The van der Waals surface area contributed by atoms with Crippen molar-refractivity contribution in [3.05, 3.63) is 216 Å². The van der Waals surface area contributed by atoms with Gasteiger partial charge in [0.25, 0.3) is 0 Å². The van der Waals surface area contributed by atoms with Crippen molar-refractivity contribution in [2.24, 2.45) is 0 Å². The van der Waals surface area contributed by atoms with Crippen LogP contribution in [0.1, 0.15) is 42.5 Å². The van der Waals surface area contributed by atoms with Crippen LogP contribution in [0.25, 0.3) is 0 Å². The molecule has 354 valence electrons. The van der Waals surface area contributed by atoms with Crippen LogP contribution in [0.5, 0.6) is 46.0 Å². The van der Waals surface area contributed by atoms with Gasteiger partial charge in [-0.3, -0.25) is 0 Å². The summed E-state index contributed by atoms with van der Waals surface area (Å²) in [5, 5.41) is 0. The van der Waals surface area contributed by atoms with Crippen LogP contribution in [0.15, 0.2) is 194 Å². The average molecular weight is 943 g/mol. The van der Waals surface area contributed by atoms with Crippen molar-refractivity contribution in [1.82, 2.24) is 0 Å². The first-order valence-corrected chi connectivity index (χ1v) is 21.6. The number of ether oxygens (including phenoxy) is 4. The fraction of sp³-hybridized carbons (Fsp3) is 0.127. The number of hydrogen-bond acceptors (Lipinski definition) is 8. The van der Waals surface area contributed by atoms with Crippen molar-refractivity contribution < 1.29 is 45.3 Å². The standard InChI is InChI=1S/C28H28N2O2.C27H20F6N2O2/c1-3-28(2,20-10-14-24(15-11-20)31-26-8-4-6-22(29)18-26)21-12-16-25(17-13-21)32-27-9-5-7-23(30)19-27;28-26(29,30)25(27(31,32)33,17-5-1-9-21(13-17)36-23-11-3-7-19(34)15-23)18-6-2-10-22(14-18)37-24-12-4-8-20(35)16-24/h4-19H,3,29-30H2,1-2H3;1-16H,34-35H2. The monoisotopic (exact) mass is 942 g/mol. The Balaban J connectivity index is 0.000000206. The van der Waals surface area contributed by atoms with E-state index in [0.717, 1.165) is 65.8 Å². The predicted octanol–water partition coefficient (Wildman–Crippen LogP) is 15.0. The minimum atomic E-state index is -5.78. The molecule has 8 rings (SSSR count). The van der Waals surface area contributed by atoms with Gasteiger partial charge in [0.2, 0.25) is 5.41 Å². The van der Waals surface area contributed by atoms with Crippen LogP contribution in [0.2, 0.25) is 0 Å². The summed E-state index contributed by atoms with van der Waals surface area (Å²) in [5.74, 6) is 2.87. The van der Waals surface area contributed by atoms with E-state index in [1.807, 2.05) is 72.8 Å². The molecule has 8 aromatic carbocycles. The normalized spacial score (nSPS) is 11.8. The molecule has 0 aromatic heterocycles. The molecule has 0 saturated carbocycles. The number of nitrogens with two attached hydrogens (primary N) is 4. The van der Waals surface area contributed by atoms with Crippen LogP contribution < -0.4 is 41.9 Å². The highest BCUT2D eigenvalue weighted by Gasteiger charge is 2.72. The first kappa shape index (κ1) is 48.7. The minimum Gasteiger partial charge on any atom is -0.457 e. The van der Waals surface area contributed by atoms with Gasteiger partial charge in [0.1, 0.15) is 46.0 Å². The van der Waals surface area contributed by atoms with E-state index in [2.05, 4.69) is 38.1 Å². The van der Waals surface area contributed by atoms with E-state index in [-0.39, 0.29) is 28.4 Å². The van der Waals surface area contributed by atoms with Gasteiger partial charge in [0, 0.05) is 52.4 Å². The predicted molar refractivity (Wildman–Crippen MR) is 259 cm³/mol. The maximum atomic E-state index is 14.6. The number of nitrogen functional groups attached to an aromatic ring is 4. The Morgan fingerprint density at radius 3 is 0.855 bits per heavy atom. The highest BCUT2D eigenvalue weighted by Crippen LogP contribution is 2.57. The highest BCUT2D eigenvalue weighted by molar-refractivity contribution is 5.53. The Kier molecular flexibility index (Phi) is 14.3. The fourth-order valence-electron chi connectivity index (χ4n) is 7.78. The zero-order valence-electron chi connectivity index (χ0n) is 37.4. The average Bonchev–Trinajstić information content (AvgIpc) is 3.29. The van der Waals surface area contributed by atoms with E-state index in [4.69, 9.17) is 41.9 Å². The number of anilines is 4. The van der Waals surface area contributed by atoms with Crippen LogP contribution >= 0.6 is 0 Å². The van der Waals surface area contributed by atoms with Crippen molar-refractivity contribution in [3.63, 3.8) is 0 Å². The second-order valence-corrected chi connectivity index (χ2v) is 16.2. The van der Waals surface area contributed by atoms with Crippen molar-refractivity contribution in [2.75, 3.05) is 22.9 Å². The molecule has 69 heavy (non-hydrogen) atoms. The third-order valence-electron chi connectivity index (χ3n) is 11.4. The molecule has 0 fully saturated rings. The number of hydrogen-bond donors (Lipinski definition) is 4. The molecule has 0 amide bonds. The summed E-state index contributed by atoms with van der Waals surface area (Å²) in [6.07, 6.45) is -10.6. The topological polar surface area (TPSA) is 141 Å². The highest BCUT2D eigenvalue weighted by atomic mass is 19.4. The summed E-state index contributed by atoms with van der Waals surface area (Å²) in [6.45, 7) is 4.46. The molecule has 0 atom stereocenters. The van der Waals surface area contributed by atoms with Gasteiger partial charge in [-0.05, 0) is 126 Å². The van der Waals surface area contributed by atoms with E-state index in [9.17, 15) is 26.3 Å². The van der Waals surface area contributed by atoms with Crippen LogP contribution in [0.4, 0.5) is 49.1 Å². The molecule has 0 unspecified atom stereocenters. The van der Waals surface area contributed by atoms with Gasteiger partial charge < -0.3 is 41.9 Å². The molecule has 14 heteroatoms. The SMILES string of the molecule is CCC(C)(c1ccc(Oc2cccc(N)c2)cc1)c1ccc(Oc2cccc(N)c2)cc1.Nc1cccc(Oc2cccc(C(c3cccc(Oc4cccc(N)c4)c3)(C(F)(F)F)C(F)(F)F)c2)c1. The van der Waals surface area contributed by atoms with Gasteiger partial charge in [-0.15, -0.1) is 0 Å². The van der Waals surface area contributed by atoms with Crippen molar-refractivity contribution in [1.29, 1.82) is 0 Å². The largest absolute Gasteiger partial charge is 0.457 e. The first-order valence-electron chi connectivity index (χ1n) is 21.6. The van der Waals surface area contributed by atoms with Gasteiger partial charge in [-0.25, -0.2) is 0 Å². The number of halogens is 6. The lowest BCUT2D eigenvalue weighted by molar-refractivity contribution is -0.288. The second kappa shape index (κ2) is 20.3. The van der Waals surface area contributed by atoms with Gasteiger partial charge in [0.05, 0.1) is 0 Å². The molecule has 8 nitrogen and oxygen atoms in total. The number of rotatable bonds is 13. The Hall–Kier alpha value is -8.26. The number of benzene rings is 8. The van der Waals surface area contributed by atoms with Crippen LogP contribution in [-0.4, -0.2) is 12.4 Å². The zero-order chi connectivity index (χ0) is 49.4. The summed E-state index contributed by atoms with van der Waals surface area (Å²) in [6, 6.07) is 50.9. The molecular formula is C55H48F6N4O4. The lowest BCUT2D eigenvalue weighted by atomic mass is 9.73. The van der Waals surface area contributed by atoms with Gasteiger partial charge in [-0.2, -0.15) is 26.3 Å². The molecule has 8 N–H and O–H groups in total. The first-order chi connectivity index (χ1) is 32.9.